The topological polar surface area (TPSA) is 646 Å². The molecule has 1 fully saturated rings. The molecule has 0 bridgehead atoms. The average Bonchev–Trinajstić information content (AvgIpc) is 1.90. The van der Waals surface area contributed by atoms with Crippen LogP contribution < -0.4 is 44.2 Å². The van der Waals surface area contributed by atoms with E-state index >= 15 is 0 Å². The minimum Gasteiger partial charge on any atom is -0.369 e. The van der Waals surface area contributed by atoms with Gasteiger partial charge >= 0.3 is 80.3 Å². The fourth-order valence-electron chi connectivity index (χ4n) is 0.550. The molecule has 1 saturated heterocycles. The molecule has 30 nitrogen and oxygen atoms in total. The van der Waals surface area contributed by atoms with E-state index in [-0.39, 0.29) is 38.4 Å². The molecule has 1 rings (SSSR count). The van der Waals surface area contributed by atoms with Gasteiger partial charge in [0.05, 0.1) is 0 Å². The summed E-state index contributed by atoms with van der Waals surface area (Å²) in [5, 5.41) is 0. The first-order valence-electron chi connectivity index (χ1n) is 5.11. The minimum atomic E-state index is -8.18. The molecule has 0 radical (unpaired) electrons. The van der Waals surface area contributed by atoms with E-state index in [0.717, 1.165) is 0 Å². The average molecular weight is 883 g/mol. The molecule has 1 heterocycles. The molecule has 0 aliphatic carbocycles. The SMILES string of the molecule is N.N.O.O.O=P1([O-])OP(=O)([O-])OP(=O)([O-])OP(=O)([O-])O1.O[Te](O)(O)(O)(O)O.O[Te](O)(O)(O)(O)O.[H+].[H+].[NH4+].[NH4+]. The number of hydrogen-bond acceptors (Lipinski definition) is 26. The predicted molar refractivity (Wildman–Crippen MR) is 104 cm³/mol. The van der Waals surface area contributed by atoms with Gasteiger partial charge in [-0.1, -0.05) is 0 Å². The van der Waals surface area contributed by atoms with Crippen molar-refractivity contribution in [3.63, 3.8) is 0 Å². The molecule has 30 N–H and O–H groups in total. The summed E-state index contributed by atoms with van der Waals surface area (Å²) < 4.78 is 144. The summed E-state index contributed by atoms with van der Waals surface area (Å²) in [5.74, 6) is 0. The fourth-order valence-corrected chi connectivity index (χ4v) is 6.02. The van der Waals surface area contributed by atoms with Crippen molar-refractivity contribution < 1.29 is 111 Å². The quantitative estimate of drug-likeness (QED) is 0.0793. The van der Waals surface area contributed by atoms with E-state index in [1.165, 1.54) is 0 Å². The van der Waals surface area contributed by atoms with Gasteiger partial charge in [0.15, 0.2) is 0 Å². The van der Waals surface area contributed by atoms with Crippen molar-refractivity contribution in [3.8, 4) is 0 Å². The molecule has 0 atom stereocenters. The number of hydrogen-bond donors (Lipinski definition) is 16. The van der Waals surface area contributed by atoms with Crippen LogP contribution in [0.5, 0.6) is 0 Å². The molecule has 36 heteroatoms. The van der Waals surface area contributed by atoms with Gasteiger partial charge in [0.25, 0.3) is 31.3 Å². The third kappa shape index (κ3) is 65.0. The van der Waals surface area contributed by atoms with Gasteiger partial charge in [0, 0.05) is 0 Å². The maximum absolute atomic E-state index is 10.6. The maximum Gasteiger partial charge on any atom is 1.00 e. The van der Waals surface area contributed by atoms with E-state index in [4.69, 9.17) is 41.7 Å². The predicted octanol–water partition coefficient (Wildman–Crippen LogP) is -9.85. The number of quaternary nitrogens is 2. The summed E-state index contributed by atoms with van der Waals surface area (Å²) in [7, 11) is -23.5. The second kappa shape index (κ2) is 13.0. The number of phosphoric acid groups is 4. The largest absolute Gasteiger partial charge is 1.00 e. The Morgan fingerprint density at radius 3 is 0.556 bits per heavy atom. The van der Waals surface area contributed by atoms with Gasteiger partial charge in [-0.05, 0) is 0 Å². The summed E-state index contributed by atoms with van der Waals surface area (Å²) in [6.07, 6.45) is 0. The molecule has 1 aliphatic rings. The van der Waals surface area contributed by atoms with Crippen LogP contribution in [-0.2, 0) is 35.5 Å². The number of rotatable bonds is 0. The van der Waals surface area contributed by atoms with E-state index in [1.54, 1.807) is 0 Å². The van der Waals surface area contributed by atoms with Crippen LogP contribution in [0.15, 0.2) is 0 Å². The molecule has 0 spiro atoms. The Kier molecular flexibility index (Phi) is 20.7. The van der Waals surface area contributed by atoms with Crippen LogP contribution in [0, 0.1) is 0 Å². The summed E-state index contributed by atoms with van der Waals surface area (Å²) in [5.41, 5.74) is 0. The van der Waals surface area contributed by atoms with E-state index in [1.807, 2.05) is 0 Å². The third-order valence-electron chi connectivity index (χ3n) is 0.800. The molecule has 0 saturated carbocycles. The summed E-state index contributed by atoms with van der Waals surface area (Å²) in [6, 6.07) is 0. The normalized spacial score (nSPS) is 33.6. The van der Waals surface area contributed by atoms with Crippen molar-refractivity contribution in [2.24, 2.45) is 0 Å². The Balaban J connectivity index is -0.0000000390. The zero-order valence-electron chi connectivity index (χ0n) is 19.3. The zero-order valence-corrected chi connectivity index (χ0v) is 25.5. The van der Waals surface area contributed by atoms with E-state index in [2.05, 4.69) is 17.2 Å². The van der Waals surface area contributed by atoms with Crippen LogP contribution in [0.1, 0.15) is 2.85 Å². The zero-order chi connectivity index (χ0) is 25.6. The molecule has 1 aliphatic heterocycles. The Hall–Kier alpha value is 1.46. The Morgan fingerprint density at radius 1 is 0.444 bits per heavy atom. The fraction of sp³-hybridized carbons (Fsp3) is 0. The van der Waals surface area contributed by atoms with Gasteiger partial charge in [0.2, 0.25) is 0 Å². The van der Waals surface area contributed by atoms with E-state index in [0.29, 0.717) is 0 Å². The Bertz CT molecular complexity index is 693. The second-order valence-electron chi connectivity index (χ2n) is 4.56. The van der Waals surface area contributed by atoms with Gasteiger partial charge in [-0.25, -0.2) is 17.2 Å². The van der Waals surface area contributed by atoms with E-state index in [9.17, 15) is 37.8 Å². The Morgan fingerprint density at radius 2 is 0.500 bits per heavy atom. The van der Waals surface area contributed by atoms with Gasteiger partial charge < -0.3 is 55.1 Å². The van der Waals surface area contributed by atoms with Crippen molar-refractivity contribution >= 4 is 67.1 Å². The van der Waals surface area contributed by atoms with Crippen LogP contribution in [0.4, 0.5) is 0 Å². The van der Waals surface area contributed by atoms with Crippen molar-refractivity contribution in [3.05, 3.63) is 0 Å². The standard InChI is InChI=1S/4H3N.H4O12P4.2H6O6Te.2H2O/c;;;;1-13(2)9-14(3,4)11-16(7,8)12-15(5,6)10-13;2*1-7(2,3,4,5)6;;/h4*1H3;(H,1,2)(H,3,4)(H,5,6)(H,7,8);2*1-6H;2*1H2. The third-order valence-corrected chi connectivity index (χ3v) is 7.20. The van der Waals surface area contributed by atoms with Crippen molar-refractivity contribution in [2.45, 2.75) is 0 Å². The minimum absolute atomic E-state index is 0. The van der Waals surface area contributed by atoms with Gasteiger partial charge in [0.1, 0.15) is 0 Å². The van der Waals surface area contributed by atoms with Crippen molar-refractivity contribution in [1.29, 1.82) is 0 Å². The molecule has 240 valence electrons. The molecule has 0 unspecified atom stereocenters. The second-order valence-corrected chi connectivity index (χ2v) is 24.7. The summed E-state index contributed by atoms with van der Waals surface area (Å²) in [4.78, 5) is 42.2. The van der Waals surface area contributed by atoms with Crippen LogP contribution in [-0.4, -0.2) is 88.4 Å². The summed E-state index contributed by atoms with van der Waals surface area (Å²) >= 11 is -16.4. The Labute approximate surface area is 202 Å². The molecule has 0 aromatic carbocycles. The first-order chi connectivity index (χ1) is 11.7. The van der Waals surface area contributed by atoms with Gasteiger partial charge in [-0.2, -0.15) is 0 Å². The smallest absolute Gasteiger partial charge is 0.369 e. The molecule has 0 amide bonds. The summed E-state index contributed by atoms with van der Waals surface area (Å²) in [6.45, 7) is 0. The van der Waals surface area contributed by atoms with E-state index < -0.39 is 67.1 Å². The van der Waals surface area contributed by atoms with Gasteiger partial charge in [-0.15, -0.1) is 0 Å². The molecular weight excluding hydrogens is 851 g/mol. The van der Waals surface area contributed by atoms with Crippen molar-refractivity contribution in [1.82, 2.24) is 24.6 Å². The molecular formula is H32N4O26P4Te2. The van der Waals surface area contributed by atoms with Crippen LogP contribution in [0.2, 0.25) is 0 Å². The monoisotopic (exact) mass is 888 g/mol. The van der Waals surface area contributed by atoms with Crippen LogP contribution >= 0.6 is 31.3 Å². The van der Waals surface area contributed by atoms with Crippen molar-refractivity contribution in [2.75, 3.05) is 0 Å². The first kappa shape index (κ1) is 57.4. The van der Waals surface area contributed by atoms with Gasteiger partial charge in [-0.3, -0.25) is 18.3 Å². The first-order valence-corrected chi connectivity index (χ1v) is 23.5. The molecule has 36 heavy (non-hydrogen) atoms. The maximum atomic E-state index is 10.6. The molecule has 0 aromatic rings. The van der Waals surface area contributed by atoms with Crippen LogP contribution in [0.25, 0.3) is 0 Å². The molecule has 0 aromatic heterocycles. The van der Waals surface area contributed by atoms with Crippen LogP contribution in [0.3, 0.4) is 0 Å².